The van der Waals surface area contributed by atoms with Gasteiger partial charge in [-0.15, -0.1) is 0 Å². The molecule has 1 amide bonds. The van der Waals surface area contributed by atoms with Crippen LogP contribution in [0.1, 0.15) is 40.0 Å². The normalized spacial score (nSPS) is 13.0. The molecule has 0 saturated carbocycles. The molecule has 1 rings (SSSR count). The van der Waals surface area contributed by atoms with E-state index in [2.05, 4.69) is 10.0 Å². The number of amides is 1. The zero-order chi connectivity index (χ0) is 21.4. The molecule has 0 heterocycles. The summed E-state index contributed by atoms with van der Waals surface area (Å²) in [6, 6.07) is 4.88. The Morgan fingerprint density at radius 1 is 1.29 bits per heavy atom. The average Bonchev–Trinajstić information content (AvgIpc) is 2.58. The molecule has 0 aromatic heterocycles. The van der Waals surface area contributed by atoms with E-state index >= 15 is 0 Å². The van der Waals surface area contributed by atoms with Crippen LogP contribution in [-0.4, -0.2) is 44.2 Å². The van der Waals surface area contributed by atoms with Crippen LogP contribution in [0.15, 0.2) is 29.2 Å². The molecule has 4 N–H and O–H groups in total. The summed E-state index contributed by atoms with van der Waals surface area (Å²) in [6.07, 6.45) is 1.15. The maximum Gasteiger partial charge on any atom is 0.407 e. The van der Waals surface area contributed by atoms with Gasteiger partial charge in [0.05, 0.1) is 4.92 Å². The van der Waals surface area contributed by atoms with Crippen LogP contribution < -0.4 is 15.8 Å². The lowest BCUT2D eigenvalue weighted by Crippen LogP contribution is -2.40. The van der Waals surface area contributed by atoms with Crippen molar-refractivity contribution in [3.63, 3.8) is 0 Å². The maximum atomic E-state index is 12.2. The lowest BCUT2D eigenvalue weighted by atomic mass is 10.1. The summed E-state index contributed by atoms with van der Waals surface area (Å²) in [6.45, 7) is 5.66. The lowest BCUT2D eigenvalue weighted by Gasteiger charge is -2.20. The first kappa shape index (κ1) is 23.8. The predicted octanol–water partition coefficient (Wildman–Crippen LogP) is 1.90. The van der Waals surface area contributed by atoms with Gasteiger partial charge in [-0.3, -0.25) is 10.1 Å². The number of sulfonamides is 1. The van der Waals surface area contributed by atoms with Crippen molar-refractivity contribution in [2.75, 3.05) is 13.1 Å². The molecule has 0 unspecified atom stereocenters. The monoisotopic (exact) mass is 416 g/mol. The Hall–Kier alpha value is -2.24. The van der Waals surface area contributed by atoms with Crippen molar-refractivity contribution >= 4 is 21.8 Å². The number of hydrogen-bond donors (Lipinski definition) is 3. The quantitative estimate of drug-likeness (QED) is 0.299. The Morgan fingerprint density at radius 3 is 2.54 bits per heavy atom. The van der Waals surface area contributed by atoms with Gasteiger partial charge < -0.3 is 15.8 Å². The number of nitrogens with two attached hydrogens (primary N) is 1. The number of unbranched alkanes of at least 4 members (excludes halogenated alkanes) is 1. The lowest BCUT2D eigenvalue weighted by molar-refractivity contribution is -0.387. The van der Waals surface area contributed by atoms with Gasteiger partial charge in [0.2, 0.25) is 10.0 Å². The highest BCUT2D eigenvalue weighted by Gasteiger charge is 2.24. The minimum atomic E-state index is -3.97. The molecule has 28 heavy (non-hydrogen) atoms. The van der Waals surface area contributed by atoms with Gasteiger partial charge in [-0.25, -0.2) is 17.9 Å². The van der Waals surface area contributed by atoms with Crippen LogP contribution in [0, 0.1) is 10.1 Å². The summed E-state index contributed by atoms with van der Waals surface area (Å²) < 4.78 is 32.0. The van der Waals surface area contributed by atoms with Gasteiger partial charge in [0.1, 0.15) is 5.60 Å². The van der Waals surface area contributed by atoms with Crippen molar-refractivity contribution in [2.45, 2.75) is 56.6 Å². The van der Waals surface area contributed by atoms with E-state index in [-0.39, 0.29) is 24.0 Å². The van der Waals surface area contributed by atoms with Crippen LogP contribution >= 0.6 is 0 Å². The SMILES string of the molecule is CC(C)(C)OC(=O)NC[C@@H](N)CCCCNS(=O)(=O)c1ccccc1[N+](=O)[O-]. The number of nitro groups is 1. The van der Waals surface area contributed by atoms with Gasteiger partial charge in [-0.1, -0.05) is 18.6 Å². The van der Waals surface area contributed by atoms with Crippen LogP contribution in [0.25, 0.3) is 0 Å². The molecule has 0 spiro atoms. The molecule has 0 radical (unpaired) electrons. The molecule has 1 atom stereocenters. The molecule has 0 aliphatic carbocycles. The number of rotatable bonds is 10. The number of nitrogens with one attached hydrogen (secondary N) is 2. The van der Waals surface area contributed by atoms with E-state index in [4.69, 9.17) is 10.5 Å². The third-order valence-electron chi connectivity index (χ3n) is 3.55. The van der Waals surface area contributed by atoms with Gasteiger partial charge in [0, 0.05) is 25.2 Å². The first-order chi connectivity index (χ1) is 12.9. The van der Waals surface area contributed by atoms with Crippen molar-refractivity contribution < 1.29 is 22.9 Å². The van der Waals surface area contributed by atoms with E-state index in [1.807, 2.05) is 0 Å². The zero-order valence-electron chi connectivity index (χ0n) is 16.3. The number of hydrogen-bond acceptors (Lipinski definition) is 7. The fourth-order valence-corrected chi connectivity index (χ4v) is 3.53. The van der Waals surface area contributed by atoms with E-state index in [0.29, 0.717) is 19.3 Å². The van der Waals surface area contributed by atoms with Crippen molar-refractivity contribution in [3.05, 3.63) is 34.4 Å². The van der Waals surface area contributed by atoms with Crippen LogP contribution in [0.4, 0.5) is 10.5 Å². The summed E-state index contributed by atoms with van der Waals surface area (Å²) in [5, 5.41) is 13.5. The third-order valence-corrected chi connectivity index (χ3v) is 5.06. The van der Waals surface area contributed by atoms with Crippen LogP contribution in [0.2, 0.25) is 0 Å². The van der Waals surface area contributed by atoms with E-state index < -0.39 is 32.3 Å². The van der Waals surface area contributed by atoms with Crippen molar-refractivity contribution in [1.82, 2.24) is 10.0 Å². The second-order valence-electron chi connectivity index (χ2n) is 7.26. The summed E-state index contributed by atoms with van der Waals surface area (Å²) in [5.74, 6) is 0. The summed E-state index contributed by atoms with van der Waals surface area (Å²) in [4.78, 5) is 21.4. The molecular weight excluding hydrogens is 388 g/mol. The second kappa shape index (κ2) is 10.3. The number of benzene rings is 1. The third kappa shape index (κ3) is 8.63. The topological polar surface area (TPSA) is 154 Å². The van der Waals surface area contributed by atoms with Crippen molar-refractivity contribution in [3.8, 4) is 0 Å². The molecule has 1 aromatic carbocycles. The molecule has 0 fully saturated rings. The molecule has 10 nitrogen and oxygen atoms in total. The largest absolute Gasteiger partial charge is 0.444 e. The van der Waals surface area contributed by atoms with Crippen molar-refractivity contribution in [1.29, 1.82) is 0 Å². The number of nitro benzene ring substituents is 1. The number of carbonyl (C=O) groups excluding carboxylic acids is 1. The first-order valence-electron chi connectivity index (χ1n) is 8.88. The second-order valence-corrected chi connectivity index (χ2v) is 9.00. The number of ether oxygens (including phenoxy) is 1. The van der Waals surface area contributed by atoms with Crippen LogP contribution in [0.3, 0.4) is 0 Å². The van der Waals surface area contributed by atoms with Gasteiger partial charge in [-0.05, 0) is 39.7 Å². The van der Waals surface area contributed by atoms with E-state index in [1.165, 1.54) is 18.2 Å². The summed E-state index contributed by atoms with van der Waals surface area (Å²) in [7, 11) is -3.97. The number of alkyl carbamates (subject to hydrolysis) is 1. The molecular formula is C17H28N4O6S. The Morgan fingerprint density at radius 2 is 1.93 bits per heavy atom. The Bertz CT molecular complexity index is 776. The predicted molar refractivity (Wildman–Crippen MR) is 104 cm³/mol. The highest BCUT2D eigenvalue weighted by molar-refractivity contribution is 7.89. The van der Waals surface area contributed by atoms with E-state index in [0.717, 1.165) is 6.07 Å². The Kier molecular flexibility index (Phi) is 8.79. The fraction of sp³-hybridized carbons (Fsp3) is 0.588. The van der Waals surface area contributed by atoms with Gasteiger partial charge >= 0.3 is 6.09 Å². The standard InChI is InChI=1S/C17H28N4O6S/c1-17(2,3)27-16(22)19-12-13(18)8-6-7-11-20-28(25,26)15-10-5-4-9-14(15)21(23)24/h4-5,9-10,13,20H,6-8,11-12,18H2,1-3H3,(H,19,22)/t13-/m0/s1. The van der Waals surface area contributed by atoms with Gasteiger partial charge in [-0.2, -0.15) is 0 Å². The minimum Gasteiger partial charge on any atom is -0.444 e. The van der Waals surface area contributed by atoms with E-state index in [9.17, 15) is 23.3 Å². The number of carbonyl (C=O) groups is 1. The average molecular weight is 417 g/mol. The van der Waals surface area contributed by atoms with Crippen LogP contribution in [-0.2, 0) is 14.8 Å². The number of nitrogens with zero attached hydrogens (tertiary/aromatic N) is 1. The molecule has 0 saturated heterocycles. The molecule has 0 bridgehead atoms. The molecule has 1 aromatic rings. The van der Waals surface area contributed by atoms with E-state index in [1.54, 1.807) is 20.8 Å². The highest BCUT2D eigenvalue weighted by Crippen LogP contribution is 2.22. The Labute approximate surface area is 165 Å². The molecule has 158 valence electrons. The van der Waals surface area contributed by atoms with Crippen LogP contribution in [0.5, 0.6) is 0 Å². The smallest absolute Gasteiger partial charge is 0.407 e. The molecule has 0 aliphatic rings. The van der Waals surface area contributed by atoms with Gasteiger partial charge in [0.15, 0.2) is 4.90 Å². The first-order valence-corrected chi connectivity index (χ1v) is 10.4. The maximum absolute atomic E-state index is 12.2. The highest BCUT2D eigenvalue weighted by atomic mass is 32.2. The summed E-state index contributed by atoms with van der Waals surface area (Å²) >= 11 is 0. The molecule has 0 aliphatic heterocycles. The fourth-order valence-electron chi connectivity index (χ4n) is 2.28. The number of para-hydroxylation sites is 1. The van der Waals surface area contributed by atoms with Gasteiger partial charge in [0.25, 0.3) is 5.69 Å². The molecule has 11 heteroatoms. The summed E-state index contributed by atoms with van der Waals surface area (Å²) in [5.41, 5.74) is 4.86. The zero-order valence-corrected chi connectivity index (χ0v) is 17.1. The van der Waals surface area contributed by atoms with Crippen molar-refractivity contribution in [2.24, 2.45) is 5.73 Å². The minimum absolute atomic E-state index is 0.126. The Balaban J connectivity index is 2.35.